The molecule has 1 rings (SSSR count). The molecule has 7 heteroatoms. The summed E-state index contributed by atoms with van der Waals surface area (Å²) in [5.41, 5.74) is 6.52. The first-order valence-corrected chi connectivity index (χ1v) is 10.7. The first-order chi connectivity index (χ1) is 14.1. The summed E-state index contributed by atoms with van der Waals surface area (Å²) in [6.07, 6.45) is 9.00. The monoisotopic (exact) mass is 403 g/mol. The number of guanidine groups is 1. The largest absolute Gasteiger partial charge is 0.368 e. The van der Waals surface area contributed by atoms with Crippen molar-refractivity contribution < 1.29 is 9.59 Å². The van der Waals surface area contributed by atoms with Crippen LogP contribution in [0.3, 0.4) is 0 Å². The zero-order valence-corrected chi connectivity index (χ0v) is 17.9. The van der Waals surface area contributed by atoms with E-state index in [0.717, 1.165) is 31.0 Å². The van der Waals surface area contributed by atoms with Gasteiger partial charge in [-0.05, 0) is 31.0 Å². The van der Waals surface area contributed by atoms with Gasteiger partial charge in [0.2, 0.25) is 5.91 Å². The molecule has 0 fully saturated rings. The highest BCUT2D eigenvalue weighted by Crippen LogP contribution is 2.07. The molecule has 5 N–H and O–H groups in total. The molecule has 29 heavy (non-hydrogen) atoms. The number of carbonyl (C=O) groups is 2. The van der Waals surface area contributed by atoms with Gasteiger partial charge in [-0.15, -0.1) is 0 Å². The minimum Gasteiger partial charge on any atom is -0.368 e. The van der Waals surface area contributed by atoms with Gasteiger partial charge in [0.05, 0.1) is 13.1 Å². The van der Waals surface area contributed by atoms with Crippen molar-refractivity contribution in [2.45, 2.75) is 65.3 Å². The van der Waals surface area contributed by atoms with E-state index in [-0.39, 0.29) is 12.5 Å². The normalized spacial score (nSPS) is 11.2. The second-order valence-corrected chi connectivity index (χ2v) is 7.09. The zero-order valence-electron chi connectivity index (χ0n) is 17.9. The van der Waals surface area contributed by atoms with Crippen molar-refractivity contribution in [1.29, 1.82) is 0 Å². The van der Waals surface area contributed by atoms with Crippen molar-refractivity contribution in [3.8, 4) is 0 Å². The Morgan fingerprint density at radius 1 is 0.897 bits per heavy atom. The Balaban J connectivity index is 2.40. The Bertz CT molecular complexity index is 629. The molecule has 0 saturated heterocycles. The van der Waals surface area contributed by atoms with Crippen molar-refractivity contribution in [2.24, 2.45) is 10.7 Å². The van der Waals surface area contributed by atoms with Gasteiger partial charge in [-0.3, -0.25) is 9.59 Å². The standard InChI is InChI=1S/C22H37N5O2/c1-3-5-6-7-8-9-10-15-25-22(24-4-2)27-16-18-11-13-19(14-12-18)21(29)26-17-20(23)28/h11-14H,3-10,15-17H2,1-2H3,(H2,23,28)(H,26,29)(H2,24,25,27). The lowest BCUT2D eigenvalue weighted by atomic mass is 10.1. The number of rotatable bonds is 14. The molecule has 1 aromatic rings. The van der Waals surface area contributed by atoms with Crippen LogP contribution in [0.2, 0.25) is 0 Å². The fourth-order valence-electron chi connectivity index (χ4n) is 2.83. The number of nitrogens with two attached hydrogens (primary N) is 1. The fourth-order valence-corrected chi connectivity index (χ4v) is 2.83. The average molecular weight is 404 g/mol. The Morgan fingerprint density at radius 2 is 1.55 bits per heavy atom. The number of hydrogen-bond donors (Lipinski definition) is 4. The quantitative estimate of drug-likeness (QED) is 0.217. The van der Waals surface area contributed by atoms with Crippen molar-refractivity contribution >= 4 is 17.8 Å². The molecule has 0 aliphatic carbocycles. The Hall–Kier alpha value is -2.57. The number of aliphatic imine (C=N–C) groups is 1. The van der Waals surface area contributed by atoms with Crippen LogP contribution in [0.5, 0.6) is 0 Å². The lowest BCUT2D eigenvalue weighted by Gasteiger charge is -2.11. The molecule has 0 aliphatic rings. The van der Waals surface area contributed by atoms with Crippen LogP contribution >= 0.6 is 0 Å². The summed E-state index contributed by atoms with van der Waals surface area (Å²) in [7, 11) is 0. The van der Waals surface area contributed by atoms with Crippen molar-refractivity contribution in [3.05, 3.63) is 35.4 Å². The van der Waals surface area contributed by atoms with E-state index >= 15 is 0 Å². The van der Waals surface area contributed by atoms with Crippen LogP contribution in [0, 0.1) is 0 Å². The summed E-state index contributed by atoms with van der Waals surface area (Å²) in [6, 6.07) is 7.17. The third kappa shape index (κ3) is 11.8. The maximum atomic E-state index is 11.9. The molecule has 2 amide bonds. The number of nitrogens with one attached hydrogen (secondary N) is 3. The molecule has 0 aliphatic heterocycles. The third-order valence-electron chi connectivity index (χ3n) is 4.48. The molecule has 0 atom stereocenters. The van der Waals surface area contributed by atoms with E-state index in [1.54, 1.807) is 12.1 Å². The molecule has 7 nitrogen and oxygen atoms in total. The Labute approximate surface area is 174 Å². The molecule has 1 aromatic carbocycles. The molecule has 0 bridgehead atoms. The average Bonchev–Trinajstić information content (AvgIpc) is 2.72. The van der Waals surface area contributed by atoms with Gasteiger partial charge < -0.3 is 21.7 Å². The summed E-state index contributed by atoms with van der Waals surface area (Å²) in [4.78, 5) is 27.2. The number of carbonyl (C=O) groups excluding carboxylic acids is 2. The lowest BCUT2D eigenvalue weighted by molar-refractivity contribution is -0.117. The van der Waals surface area contributed by atoms with Crippen LogP contribution in [0.15, 0.2) is 29.3 Å². The molecule has 0 radical (unpaired) electrons. The lowest BCUT2D eigenvalue weighted by Crippen LogP contribution is -2.37. The highest BCUT2D eigenvalue weighted by atomic mass is 16.2. The molecule has 0 aromatic heterocycles. The van der Waals surface area contributed by atoms with Crippen LogP contribution in [-0.4, -0.2) is 37.4 Å². The first-order valence-electron chi connectivity index (χ1n) is 10.7. The molecular formula is C22H37N5O2. The van der Waals surface area contributed by atoms with Gasteiger partial charge in [0.25, 0.3) is 5.91 Å². The number of benzene rings is 1. The van der Waals surface area contributed by atoms with E-state index in [4.69, 9.17) is 5.73 Å². The first kappa shape index (κ1) is 24.5. The molecular weight excluding hydrogens is 366 g/mol. The summed E-state index contributed by atoms with van der Waals surface area (Å²) in [5.74, 6) is -0.0745. The fraction of sp³-hybridized carbons (Fsp3) is 0.591. The molecule has 0 saturated carbocycles. The number of primary amides is 1. The highest BCUT2D eigenvalue weighted by molar-refractivity contribution is 5.96. The van der Waals surface area contributed by atoms with Crippen LogP contribution in [0.1, 0.15) is 74.7 Å². The number of unbranched alkanes of at least 4 members (excludes halogenated alkanes) is 6. The van der Waals surface area contributed by atoms with Crippen LogP contribution in [0.4, 0.5) is 0 Å². The predicted octanol–water partition coefficient (Wildman–Crippen LogP) is 2.71. The summed E-state index contributed by atoms with van der Waals surface area (Å²) < 4.78 is 0. The minimum absolute atomic E-state index is 0.165. The molecule has 0 heterocycles. The number of hydrogen-bond acceptors (Lipinski definition) is 3. The van der Waals surface area contributed by atoms with Crippen molar-refractivity contribution in [1.82, 2.24) is 16.0 Å². The van der Waals surface area contributed by atoms with Gasteiger partial charge in [-0.2, -0.15) is 0 Å². The van der Waals surface area contributed by atoms with E-state index in [2.05, 4.69) is 27.9 Å². The summed E-state index contributed by atoms with van der Waals surface area (Å²) in [6.45, 7) is 6.37. The van der Waals surface area contributed by atoms with E-state index in [1.807, 2.05) is 19.1 Å². The smallest absolute Gasteiger partial charge is 0.251 e. The van der Waals surface area contributed by atoms with E-state index in [0.29, 0.717) is 12.1 Å². The van der Waals surface area contributed by atoms with Gasteiger partial charge in [0, 0.05) is 18.7 Å². The van der Waals surface area contributed by atoms with Crippen LogP contribution in [-0.2, 0) is 11.3 Å². The van der Waals surface area contributed by atoms with E-state index in [1.165, 1.54) is 38.5 Å². The predicted molar refractivity (Wildman–Crippen MR) is 119 cm³/mol. The third-order valence-corrected chi connectivity index (χ3v) is 4.48. The maximum Gasteiger partial charge on any atom is 0.251 e. The van der Waals surface area contributed by atoms with E-state index in [9.17, 15) is 9.59 Å². The second kappa shape index (κ2) is 15.4. The number of amides is 2. The molecule has 162 valence electrons. The highest BCUT2D eigenvalue weighted by Gasteiger charge is 2.06. The van der Waals surface area contributed by atoms with E-state index < -0.39 is 5.91 Å². The SMILES string of the molecule is CCCCCCCCCNC(=NCc1ccc(C(=O)NCC(N)=O)cc1)NCC. The Kier molecular flexibility index (Phi) is 13.0. The number of nitrogens with zero attached hydrogens (tertiary/aromatic N) is 1. The summed E-state index contributed by atoms with van der Waals surface area (Å²) in [5, 5.41) is 9.11. The summed E-state index contributed by atoms with van der Waals surface area (Å²) >= 11 is 0. The van der Waals surface area contributed by atoms with Crippen LogP contribution in [0.25, 0.3) is 0 Å². The van der Waals surface area contributed by atoms with Gasteiger partial charge in [-0.1, -0.05) is 57.6 Å². The van der Waals surface area contributed by atoms with Crippen molar-refractivity contribution in [3.63, 3.8) is 0 Å². The van der Waals surface area contributed by atoms with Gasteiger partial charge in [-0.25, -0.2) is 4.99 Å². The van der Waals surface area contributed by atoms with Gasteiger partial charge >= 0.3 is 0 Å². The minimum atomic E-state index is -0.566. The maximum absolute atomic E-state index is 11.9. The zero-order chi connectivity index (χ0) is 21.3. The molecule has 0 spiro atoms. The van der Waals surface area contributed by atoms with Gasteiger partial charge in [0.1, 0.15) is 0 Å². The van der Waals surface area contributed by atoms with Crippen molar-refractivity contribution in [2.75, 3.05) is 19.6 Å². The topological polar surface area (TPSA) is 109 Å². The van der Waals surface area contributed by atoms with Gasteiger partial charge in [0.15, 0.2) is 5.96 Å². The Morgan fingerprint density at radius 3 is 2.17 bits per heavy atom. The van der Waals surface area contributed by atoms with Crippen LogP contribution < -0.4 is 21.7 Å². The second-order valence-electron chi connectivity index (χ2n) is 7.09. The molecule has 0 unspecified atom stereocenters.